The van der Waals surface area contributed by atoms with E-state index in [1.165, 1.54) is 70.9 Å². The van der Waals surface area contributed by atoms with Crippen LogP contribution in [0.4, 0.5) is 0 Å². The van der Waals surface area contributed by atoms with Crippen LogP contribution >= 0.6 is 0 Å². The maximum absolute atomic E-state index is 6.38. The Morgan fingerprint density at radius 2 is 0.821 bits per heavy atom. The lowest BCUT2D eigenvalue weighted by molar-refractivity contribution is 0.632. The first-order valence-electron chi connectivity index (χ1n) is 22.8. The molecule has 0 bridgehead atoms. The quantitative estimate of drug-likeness (QED) is 0.118. The number of benzene rings is 11. The van der Waals surface area contributed by atoms with Crippen molar-refractivity contribution in [3.63, 3.8) is 0 Å². The molecule has 2 aromatic heterocycles. The van der Waals surface area contributed by atoms with Gasteiger partial charge in [-0.3, -0.25) is 0 Å². The molecule has 0 radical (unpaired) electrons. The third kappa shape index (κ3) is 6.76. The summed E-state index contributed by atoms with van der Waals surface area (Å²) in [7, 11) is 0. The van der Waals surface area contributed by atoms with Crippen molar-refractivity contribution in [3.8, 4) is 78.6 Å². The zero-order valence-electron chi connectivity index (χ0n) is 36.4. The number of fused-ring (bicyclic) bond motifs is 6. The molecule has 13 rings (SSSR count). The van der Waals surface area contributed by atoms with Gasteiger partial charge >= 0.3 is 0 Å². The molecule has 3 heteroatoms. The first kappa shape index (κ1) is 38.5. The van der Waals surface area contributed by atoms with Crippen LogP contribution in [0.3, 0.4) is 0 Å². The first-order chi connectivity index (χ1) is 33.2. The minimum atomic E-state index is 0.672. The van der Waals surface area contributed by atoms with E-state index in [9.17, 15) is 0 Å². The van der Waals surface area contributed by atoms with Gasteiger partial charge in [-0.25, -0.2) is 9.97 Å². The Hall–Kier alpha value is -8.92. The van der Waals surface area contributed by atoms with E-state index in [2.05, 4.69) is 200 Å². The lowest BCUT2D eigenvalue weighted by atomic mass is 9.88. The molecule has 0 aliphatic heterocycles. The minimum absolute atomic E-state index is 0.672. The Kier molecular flexibility index (Phi) is 9.17. The third-order valence-electron chi connectivity index (χ3n) is 13.3. The molecule has 0 saturated heterocycles. The van der Waals surface area contributed by atoms with Crippen molar-refractivity contribution in [1.29, 1.82) is 0 Å². The number of hydrogen-bond donors (Lipinski definition) is 0. The molecular formula is C64H40N2O. The van der Waals surface area contributed by atoms with E-state index in [1.807, 2.05) is 42.5 Å². The summed E-state index contributed by atoms with van der Waals surface area (Å²) in [6.45, 7) is 0. The fraction of sp³-hybridized carbons (Fsp3) is 0. The minimum Gasteiger partial charge on any atom is -0.456 e. The van der Waals surface area contributed by atoms with Crippen molar-refractivity contribution in [1.82, 2.24) is 9.97 Å². The topological polar surface area (TPSA) is 38.9 Å². The molecule has 0 amide bonds. The number of furan rings is 1. The number of hydrogen-bond acceptors (Lipinski definition) is 3. The summed E-state index contributed by atoms with van der Waals surface area (Å²) in [5.74, 6) is 1.48. The molecule has 11 aromatic carbocycles. The van der Waals surface area contributed by atoms with E-state index in [0.717, 1.165) is 55.9 Å². The first-order valence-corrected chi connectivity index (χ1v) is 22.8. The van der Waals surface area contributed by atoms with Crippen molar-refractivity contribution in [2.75, 3.05) is 0 Å². The van der Waals surface area contributed by atoms with E-state index < -0.39 is 0 Å². The van der Waals surface area contributed by atoms with Gasteiger partial charge in [-0.1, -0.05) is 218 Å². The van der Waals surface area contributed by atoms with E-state index >= 15 is 0 Å². The Balaban J connectivity index is 0.865. The molecule has 13 aromatic rings. The Morgan fingerprint density at radius 3 is 1.54 bits per heavy atom. The molecular weight excluding hydrogens is 813 g/mol. The average Bonchev–Trinajstić information content (AvgIpc) is 3.85. The van der Waals surface area contributed by atoms with Crippen LogP contribution in [0.1, 0.15) is 0 Å². The molecule has 0 spiro atoms. The van der Waals surface area contributed by atoms with Crippen molar-refractivity contribution >= 4 is 54.1 Å². The van der Waals surface area contributed by atoms with Crippen LogP contribution in [-0.2, 0) is 0 Å². The summed E-state index contributed by atoms with van der Waals surface area (Å²) in [5.41, 5.74) is 13.7. The van der Waals surface area contributed by atoms with Gasteiger partial charge in [0, 0.05) is 27.6 Å². The van der Waals surface area contributed by atoms with Crippen LogP contribution in [-0.4, -0.2) is 9.97 Å². The summed E-state index contributed by atoms with van der Waals surface area (Å²) < 4.78 is 6.38. The van der Waals surface area contributed by atoms with E-state index in [-0.39, 0.29) is 0 Å². The van der Waals surface area contributed by atoms with Gasteiger partial charge in [0.05, 0.1) is 11.4 Å². The highest BCUT2D eigenvalue weighted by atomic mass is 16.3. The van der Waals surface area contributed by atoms with Crippen molar-refractivity contribution in [3.05, 3.63) is 243 Å². The highest BCUT2D eigenvalue weighted by Crippen LogP contribution is 2.42. The third-order valence-corrected chi connectivity index (χ3v) is 13.3. The molecule has 0 saturated carbocycles. The maximum atomic E-state index is 6.38. The smallest absolute Gasteiger partial charge is 0.160 e. The fourth-order valence-electron chi connectivity index (χ4n) is 10.1. The lowest BCUT2D eigenvalue weighted by Crippen LogP contribution is -1.97. The lowest BCUT2D eigenvalue weighted by Gasteiger charge is -2.15. The molecule has 0 aliphatic rings. The fourth-order valence-corrected chi connectivity index (χ4v) is 10.1. The number of rotatable bonds is 7. The maximum Gasteiger partial charge on any atom is 0.160 e. The molecule has 0 N–H and O–H groups in total. The molecule has 3 nitrogen and oxygen atoms in total. The Labute approximate surface area is 387 Å². The molecule has 312 valence electrons. The van der Waals surface area contributed by atoms with Crippen molar-refractivity contribution < 1.29 is 4.42 Å². The standard InChI is InChI=1S/C64H40N2O/c1-2-15-46(16-3-1)64-65-59(40-60(66-64)55-23-11-12-24-56(55)62-39-48-18-6-13-25-61(48)67-62)44-30-26-42(27-31-44)50-36-37-51(54-22-10-9-21-53(50)54)43-28-32-45(33-29-43)63-52-20-8-5-17-47(52)38-58-49-19-7-4-14-41(49)34-35-57(58)63/h1-40H. The van der Waals surface area contributed by atoms with Crippen molar-refractivity contribution in [2.45, 2.75) is 0 Å². The highest BCUT2D eigenvalue weighted by Gasteiger charge is 2.18. The summed E-state index contributed by atoms with van der Waals surface area (Å²) in [5, 5.41) is 11.1. The molecule has 0 unspecified atom stereocenters. The van der Waals surface area contributed by atoms with Crippen LogP contribution in [0.2, 0.25) is 0 Å². The number of aromatic nitrogens is 2. The number of para-hydroxylation sites is 1. The van der Waals surface area contributed by atoms with Gasteiger partial charge in [-0.15, -0.1) is 0 Å². The molecule has 0 atom stereocenters. The van der Waals surface area contributed by atoms with E-state index in [4.69, 9.17) is 14.4 Å². The predicted molar refractivity (Wildman–Crippen MR) is 280 cm³/mol. The van der Waals surface area contributed by atoms with Gasteiger partial charge in [0.2, 0.25) is 0 Å². The normalized spacial score (nSPS) is 11.6. The summed E-state index contributed by atoms with van der Waals surface area (Å²) in [6, 6.07) is 86.5. The zero-order valence-corrected chi connectivity index (χ0v) is 36.4. The van der Waals surface area contributed by atoms with E-state index in [0.29, 0.717) is 5.82 Å². The summed E-state index contributed by atoms with van der Waals surface area (Å²) in [4.78, 5) is 10.3. The average molecular weight is 853 g/mol. The van der Waals surface area contributed by atoms with Gasteiger partial charge in [0.15, 0.2) is 5.82 Å². The molecule has 2 heterocycles. The molecule has 67 heavy (non-hydrogen) atoms. The highest BCUT2D eigenvalue weighted by molar-refractivity contribution is 6.20. The van der Waals surface area contributed by atoms with Gasteiger partial charge in [0.1, 0.15) is 11.3 Å². The van der Waals surface area contributed by atoms with Crippen LogP contribution in [0, 0.1) is 0 Å². The second kappa shape index (κ2) is 16.0. The SMILES string of the molecule is c1ccc(-c2nc(-c3ccc(-c4ccc(-c5ccc(-c6c7ccccc7cc7c6ccc6ccccc67)cc5)c5ccccc45)cc3)cc(-c3ccccc3-c3cc4ccccc4o3)n2)cc1. The summed E-state index contributed by atoms with van der Waals surface area (Å²) in [6.07, 6.45) is 0. The predicted octanol–water partition coefficient (Wildman–Crippen LogP) is 17.5. The van der Waals surface area contributed by atoms with Crippen LogP contribution < -0.4 is 0 Å². The van der Waals surface area contributed by atoms with Crippen LogP contribution in [0.5, 0.6) is 0 Å². The number of nitrogens with zero attached hydrogens (tertiary/aromatic N) is 2. The monoisotopic (exact) mass is 852 g/mol. The van der Waals surface area contributed by atoms with Gasteiger partial charge in [0.25, 0.3) is 0 Å². The van der Waals surface area contributed by atoms with Crippen molar-refractivity contribution in [2.24, 2.45) is 0 Å². The van der Waals surface area contributed by atoms with Crippen LogP contribution in [0.25, 0.3) is 133 Å². The molecule has 0 aliphatic carbocycles. The second-order valence-electron chi connectivity index (χ2n) is 17.2. The van der Waals surface area contributed by atoms with Gasteiger partial charge in [-0.05, 0) is 101 Å². The van der Waals surface area contributed by atoms with Gasteiger partial charge in [-0.2, -0.15) is 0 Å². The zero-order chi connectivity index (χ0) is 44.3. The Bertz CT molecular complexity index is 3980. The van der Waals surface area contributed by atoms with Crippen LogP contribution in [0.15, 0.2) is 247 Å². The van der Waals surface area contributed by atoms with E-state index in [1.54, 1.807) is 0 Å². The largest absolute Gasteiger partial charge is 0.456 e. The van der Waals surface area contributed by atoms with Gasteiger partial charge < -0.3 is 4.42 Å². The summed E-state index contributed by atoms with van der Waals surface area (Å²) >= 11 is 0. The molecule has 0 fully saturated rings. The second-order valence-corrected chi connectivity index (χ2v) is 17.2. The Morgan fingerprint density at radius 1 is 0.269 bits per heavy atom.